The SMILES string of the molecule is CC[C@H]1OC(=O)[C@H](C)[C@@H](O[C@H]2C[C@@](C)(OC)[C@@H](O)[C@H](C)O2)[C@H](C)[C@@H](O[C@@H]2O[C@H](C)C[C@H](N(C)C)[C@H]2OC(=S)Sc2ccccc2)[C@](C)(O)C[C@@H](C)CN(C)[C@H](C)[C@@H](O)[C@]1(C)O. The number of thioether (sulfide) groups is 1. The highest BCUT2D eigenvalue weighted by Gasteiger charge is 2.53. The van der Waals surface area contributed by atoms with Crippen molar-refractivity contribution in [3.05, 3.63) is 30.3 Å². The van der Waals surface area contributed by atoms with Crippen molar-refractivity contribution in [2.45, 2.75) is 190 Å². The van der Waals surface area contributed by atoms with Crippen LogP contribution in [0, 0.1) is 17.8 Å². The van der Waals surface area contributed by atoms with Crippen LogP contribution >= 0.6 is 24.0 Å². The molecule has 16 heteroatoms. The molecule has 3 saturated heterocycles. The van der Waals surface area contributed by atoms with Crippen molar-refractivity contribution in [3.8, 4) is 0 Å². The van der Waals surface area contributed by atoms with E-state index in [0.717, 1.165) is 4.90 Å². The average Bonchev–Trinajstić information content (AvgIpc) is 3.18. The molecule has 3 fully saturated rings. The van der Waals surface area contributed by atoms with Crippen LogP contribution in [0.1, 0.15) is 94.9 Å². The Hall–Kier alpha value is -1.51. The molecule has 14 nitrogen and oxygen atoms in total. The monoisotopic (exact) mass is 900 g/mol. The lowest BCUT2D eigenvalue weighted by atomic mass is 9.77. The zero-order chi connectivity index (χ0) is 45.8. The van der Waals surface area contributed by atoms with Gasteiger partial charge in [0, 0.05) is 36.9 Å². The van der Waals surface area contributed by atoms with Gasteiger partial charge in [-0.1, -0.05) is 39.0 Å². The van der Waals surface area contributed by atoms with Crippen molar-refractivity contribution >= 4 is 34.3 Å². The molecule has 0 amide bonds. The van der Waals surface area contributed by atoms with E-state index in [1.165, 1.54) is 25.8 Å². The van der Waals surface area contributed by atoms with Crippen molar-refractivity contribution in [1.29, 1.82) is 0 Å². The lowest BCUT2D eigenvalue weighted by Crippen LogP contribution is -2.61. The molecular weight excluding hydrogens is 825 g/mol. The number of thiocarbonyl (C=S) groups is 1. The van der Waals surface area contributed by atoms with Gasteiger partial charge in [0.1, 0.15) is 23.9 Å². The van der Waals surface area contributed by atoms with Gasteiger partial charge < -0.3 is 63.4 Å². The van der Waals surface area contributed by atoms with Crippen molar-refractivity contribution in [1.82, 2.24) is 9.80 Å². The third kappa shape index (κ3) is 12.6. The van der Waals surface area contributed by atoms with Crippen molar-refractivity contribution in [3.63, 3.8) is 0 Å². The molecule has 4 rings (SSSR count). The van der Waals surface area contributed by atoms with E-state index in [0.29, 0.717) is 13.0 Å². The molecule has 0 radical (unpaired) electrons. The molecule has 1 aromatic carbocycles. The number of nitrogens with zero attached hydrogens (tertiary/aromatic N) is 2. The Morgan fingerprint density at radius 3 is 2.20 bits per heavy atom. The summed E-state index contributed by atoms with van der Waals surface area (Å²) in [6.45, 7) is 18.3. The number of rotatable bonds is 9. The quantitative estimate of drug-likeness (QED) is 0.148. The van der Waals surface area contributed by atoms with Crippen LogP contribution < -0.4 is 0 Å². The van der Waals surface area contributed by atoms with Crippen molar-refractivity contribution < 1.29 is 58.4 Å². The highest BCUT2D eigenvalue weighted by Crippen LogP contribution is 2.41. The number of carbonyl (C=O) groups is 1. The predicted molar refractivity (Wildman–Crippen MR) is 238 cm³/mol. The first-order chi connectivity index (χ1) is 28.4. The van der Waals surface area contributed by atoms with E-state index in [9.17, 15) is 25.2 Å². The predicted octanol–water partition coefficient (Wildman–Crippen LogP) is 5.00. The summed E-state index contributed by atoms with van der Waals surface area (Å²) in [4.78, 5) is 19.4. The summed E-state index contributed by atoms with van der Waals surface area (Å²) < 4.78 is 45.6. The van der Waals surface area contributed by atoms with Gasteiger partial charge >= 0.3 is 5.97 Å². The molecule has 0 spiro atoms. The van der Waals surface area contributed by atoms with Gasteiger partial charge in [-0.2, -0.15) is 0 Å². The van der Waals surface area contributed by atoms with Gasteiger partial charge in [-0.15, -0.1) is 0 Å². The molecule has 1 aromatic rings. The first kappa shape index (κ1) is 52.1. The Bertz CT molecular complexity index is 1560. The van der Waals surface area contributed by atoms with Crippen LogP contribution in [0.4, 0.5) is 0 Å². The normalized spacial score (nSPS) is 43.9. The third-order valence-corrected chi connectivity index (χ3v) is 14.5. The number of carbonyl (C=O) groups excluding carboxylic acids is 1. The highest BCUT2D eigenvalue weighted by atomic mass is 32.2. The van der Waals surface area contributed by atoms with Gasteiger partial charge in [0.2, 0.25) is 4.38 Å². The van der Waals surface area contributed by atoms with E-state index in [4.69, 9.17) is 45.4 Å². The number of likely N-dealkylation sites (N-methyl/N-ethyl adjacent to an activating group) is 2. The number of methoxy groups -OCH3 is 1. The summed E-state index contributed by atoms with van der Waals surface area (Å²) in [7, 11) is 7.31. The molecule has 3 aliphatic rings. The summed E-state index contributed by atoms with van der Waals surface area (Å²) in [5, 5.41) is 47.4. The number of ether oxygens (including phenoxy) is 7. The summed E-state index contributed by atoms with van der Waals surface area (Å²) in [6, 6.07) is 8.96. The fraction of sp³-hybridized carbons (Fsp3) is 0.822. The molecule has 0 unspecified atom stereocenters. The minimum absolute atomic E-state index is 0.127. The first-order valence-corrected chi connectivity index (χ1v) is 23.1. The highest BCUT2D eigenvalue weighted by molar-refractivity contribution is 8.22. The maximum absolute atomic E-state index is 14.5. The van der Waals surface area contributed by atoms with Gasteiger partial charge in [-0.25, -0.2) is 0 Å². The number of cyclic esters (lactones) is 1. The second-order valence-electron chi connectivity index (χ2n) is 18.9. The Balaban J connectivity index is 1.85. The first-order valence-electron chi connectivity index (χ1n) is 21.8. The van der Waals surface area contributed by atoms with Crippen LogP contribution in [0.3, 0.4) is 0 Å². The lowest BCUT2D eigenvalue weighted by molar-refractivity contribution is -0.316. The zero-order valence-electron chi connectivity index (χ0n) is 38.8. The minimum Gasteiger partial charge on any atom is -0.468 e. The molecule has 0 saturated carbocycles. The topological polar surface area (TPSA) is 169 Å². The molecule has 0 aromatic heterocycles. The van der Waals surface area contributed by atoms with Crippen LogP contribution in [0.25, 0.3) is 0 Å². The van der Waals surface area contributed by atoms with E-state index in [-0.39, 0.29) is 41.7 Å². The maximum atomic E-state index is 14.5. The van der Waals surface area contributed by atoms with E-state index in [1.54, 1.807) is 34.6 Å². The van der Waals surface area contributed by atoms with Gasteiger partial charge in [-0.3, -0.25) is 4.79 Å². The molecule has 0 bridgehead atoms. The van der Waals surface area contributed by atoms with Crippen molar-refractivity contribution in [2.24, 2.45) is 17.8 Å². The van der Waals surface area contributed by atoms with Crippen molar-refractivity contribution in [2.75, 3.05) is 34.8 Å². The van der Waals surface area contributed by atoms with Gasteiger partial charge in [0.25, 0.3) is 0 Å². The Labute approximate surface area is 374 Å². The second-order valence-corrected chi connectivity index (χ2v) is 20.6. The Kier molecular flexibility index (Phi) is 18.5. The largest absolute Gasteiger partial charge is 0.468 e. The summed E-state index contributed by atoms with van der Waals surface area (Å²) in [5.41, 5.74) is -4.43. The standard InChI is InChI=1S/C45H76N2O12S2/c1-15-33-45(10,52)37(48)29(6)47(13)24-25(2)22-43(8,51)39(27(4)35(28(5)40(50)56-33)57-34-23-44(9,53-14)38(49)30(7)55-34)59-41-36(32(46(11)12)21-26(3)54-41)58-42(60)61-31-19-17-16-18-20-31/h16-20,25-30,32-39,41,48-49,51-52H,15,21-24H2,1-14H3/t25-,26-,27+,28-,29-,30+,32+,33-,34+,35+,36-,37-,38+,39-,41+,43-,44-,45-/m1/s1. The Morgan fingerprint density at radius 1 is 0.967 bits per heavy atom. The molecule has 350 valence electrons. The van der Waals surface area contributed by atoms with Crippen LogP contribution in [-0.2, 0) is 38.0 Å². The number of benzene rings is 1. The number of aliphatic hydroxyl groups excluding tert-OH is 2. The Morgan fingerprint density at radius 2 is 1.61 bits per heavy atom. The summed E-state index contributed by atoms with van der Waals surface area (Å²) in [6.07, 6.45) is -7.86. The minimum atomic E-state index is -1.81. The average molecular weight is 901 g/mol. The zero-order valence-corrected chi connectivity index (χ0v) is 40.5. The lowest BCUT2D eigenvalue weighted by Gasteiger charge is -2.49. The van der Waals surface area contributed by atoms with E-state index in [1.807, 2.05) is 84.1 Å². The second kappa shape index (κ2) is 21.7. The molecule has 3 aliphatic heterocycles. The van der Waals surface area contributed by atoms with Gasteiger partial charge in [0.15, 0.2) is 18.7 Å². The summed E-state index contributed by atoms with van der Waals surface area (Å²) in [5.74, 6) is -2.63. The number of esters is 1. The maximum Gasteiger partial charge on any atom is 0.311 e. The number of hydrogen-bond acceptors (Lipinski definition) is 16. The molecule has 3 heterocycles. The fourth-order valence-electron chi connectivity index (χ4n) is 9.57. The molecular formula is C45H76N2O12S2. The fourth-order valence-corrected chi connectivity index (χ4v) is 10.6. The number of hydrogen-bond donors (Lipinski definition) is 4. The van der Waals surface area contributed by atoms with E-state index in [2.05, 4.69) is 4.90 Å². The van der Waals surface area contributed by atoms with Gasteiger partial charge in [-0.05, 0) is 131 Å². The molecule has 4 N–H and O–H groups in total. The smallest absolute Gasteiger partial charge is 0.311 e. The van der Waals surface area contributed by atoms with E-state index < -0.39 is 96.0 Å². The van der Waals surface area contributed by atoms with Crippen LogP contribution in [0.2, 0.25) is 0 Å². The van der Waals surface area contributed by atoms with Gasteiger partial charge in [0.05, 0.1) is 47.6 Å². The van der Waals surface area contributed by atoms with Crippen LogP contribution in [0.5, 0.6) is 0 Å². The number of aliphatic hydroxyl groups is 4. The molecule has 61 heavy (non-hydrogen) atoms. The molecule has 0 aliphatic carbocycles. The summed E-state index contributed by atoms with van der Waals surface area (Å²) >= 11 is 7.14. The van der Waals surface area contributed by atoms with Crippen LogP contribution in [0.15, 0.2) is 35.2 Å². The third-order valence-electron chi connectivity index (χ3n) is 13.4. The molecule has 18 atom stereocenters. The van der Waals surface area contributed by atoms with E-state index >= 15 is 0 Å². The van der Waals surface area contributed by atoms with Crippen LogP contribution in [-0.4, -0.2) is 166 Å².